The van der Waals surface area contributed by atoms with E-state index < -0.39 is 0 Å². The van der Waals surface area contributed by atoms with E-state index in [1.54, 1.807) is 36.6 Å². The summed E-state index contributed by atoms with van der Waals surface area (Å²) in [5.74, 6) is 0.0826. The highest BCUT2D eigenvalue weighted by molar-refractivity contribution is 6.02. The Kier molecular flexibility index (Phi) is 5.36. The number of fused-ring (bicyclic) bond motifs is 1. The molecular weight excluding hydrogens is 366 g/mol. The monoisotopic (exact) mass is 385 g/mol. The van der Waals surface area contributed by atoms with Crippen LogP contribution in [0.25, 0.3) is 11.0 Å². The Morgan fingerprint density at radius 2 is 1.79 bits per heavy atom. The largest absolute Gasteiger partial charge is 0.464 e. The fraction of sp³-hybridized carbons (Fsp3) is 0.0435. The zero-order valence-corrected chi connectivity index (χ0v) is 15.5. The summed E-state index contributed by atoms with van der Waals surface area (Å²) in [5.41, 5.74) is 5.64. The molecule has 0 atom stereocenters. The minimum atomic E-state index is -0.191. The van der Waals surface area contributed by atoms with Crippen molar-refractivity contribution in [3.63, 3.8) is 0 Å². The van der Waals surface area contributed by atoms with Gasteiger partial charge in [-0.25, -0.2) is 4.99 Å². The summed E-state index contributed by atoms with van der Waals surface area (Å²) in [7, 11) is 0. The van der Waals surface area contributed by atoms with E-state index in [-0.39, 0.29) is 11.7 Å². The van der Waals surface area contributed by atoms with Crippen LogP contribution in [0.4, 0.5) is 5.69 Å². The van der Waals surface area contributed by atoms with Crippen LogP contribution in [0.5, 0.6) is 0 Å². The molecule has 0 aliphatic heterocycles. The van der Waals surface area contributed by atoms with Gasteiger partial charge >= 0.3 is 0 Å². The minimum Gasteiger partial charge on any atom is -0.464 e. The average Bonchev–Trinajstić information content (AvgIpc) is 3.24. The van der Waals surface area contributed by atoms with Crippen molar-refractivity contribution in [3.05, 3.63) is 102 Å². The summed E-state index contributed by atoms with van der Waals surface area (Å²) in [4.78, 5) is 16.9. The zero-order valence-electron chi connectivity index (χ0n) is 15.5. The maximum atomic E-state index is 12.5. The van der Waals surface area contributed by atoms with E-state index in [0.29, 0.717) is 23.4 Å². The van der Waals surface area contributed by atoms with Gasteiger partial charge in [-0.15, -0.1) is 0 Å². The predicted molar refractivity (Wildman–Crippen MR) is 111 cm³/mol. The van der Waals surface area contributed by atoms with Crippen molar-refractivity contribution in [2.45, 2.75) is 6.54 Å². The number of furan rings is 1. The highest BCUT2D eigenvalue weighted by atomic mass is 16.5. The van der Waals surface area contributed by atoms with Gasteiger partial charge in [0, 0.05) is 23.1 Å². The first-order chi connectivity index (χ1) is 14.2. The van der Waals surface area contributed by atoms with E-state index in [4.69, 9.17) is 4.42 Å². The Morgan fingerprint density at radius 3 is 2.62 bits per heavy atom. The van der Waals surface area contributed by atoms with E-state index in [1.165, 1.54) is 0 Å². The number of nitrogens with zero attached hydrogens (tertiary/aromatic N) is 1. The van der Waals surface area contributed by atoms with E-state index in [9.17, 15) is 10.0 Å². The fourth-order valence-corrected chi connectivity index (χ4v) is 2.99. The highest BCUT2D eigenvalue weighted by Crippen LogP contribution is 2.20. The average molecular weight is 385 g/mol. The number of amides is 1. The Labute approximate surface area is 167 Å². The highest BCUT2D eigenvalue weighted by Gasteiger charge is 2.09. The molecule has 1 amide bonds. The molecule has 1 aromatic heterocycles. The summed E-state index contributed by atoms with van der Waals surface area (Å²) in [6, 6.07) is 23.9. The lowest BCUT2D eigenvalue weighted by molar-refractivity contribution is 0.0951. The molecule has 4 aromatic rings. The van der Waals surface area contributed by atoms with Gasteiger partial charge in [0.15, 0.2) is 5.84 Å². The quantitative estimate of drug-likeness (QED) is 0.270. The van der Waals surface area contributed by atoms with Crippen molar-refractivity contribution in [3.8, 4) is 0 Å². The first kappa shape index (κ1) is 18.5. The third-order valence-corrected chi connectivity index (χ3v) is 4.48. The van der Waals surface area contributed by atoms with Crippen molar-refractivity contribution in [2.75, 3.05) is 0 Å². The molecule has 29 heavy (non-hydrogen) atoms. The van der Waals surface area contributed by atoms with Crippen LogP contribution < -0.4 is 10.8 Å². The molecule has 144 valence electrons. The van der Waals surface area contributed by atoms with Gasteiger partial charge in [-0.1, -0.05) is 36.4 Å². The van der Waals surface area contributed by atoms with Crippen LogP contribution in [0, 0.1) is 0 Å². The van der Waals surface area contributed by atoms with Crippen molar-refractivity contribution in [1.82, 2.24) is 10.8 Å². The summed E-state index contributed by atoms with van der Waals surface area (Å²) >= 11 is 0. The van der Waals surface area contributed by atoms with Crippen LogP contribution in [-0.2, 0) is 6.54 Å². The van der Waals surface area contributed by atoms with E-state index in [1.807, 2.05) is 48.5 Å². The van der Waals surface area contributed by atoms with Gasteiger partial charge < -0.3 is 9.73 Å². The molecule has 4 rings (SSSR count). The van der Waals surface area contributed by atoms with E-state index in [0.717, 1.165) is 16.5 Å². The Hall–Kier alpha value is -3.90. The minimum absolute atomic E-state index is 0.191. The number of aliphatic imine (C=N–C) groups is 1. The normalized spacial score (nSPS) is 11.4. The van der Waals surface area contributed by atoms with E-state index in [2.05, 4.69) is 15.8 Å². The second-order valence-electron chi connectivity index (χ2n) is 6.46. The van der Waals surface area contributed by atoms with Gasteiger partial charge in [0.25, 0.3) is 5.91 Å². The predicted octanol–water partition coefficient (Wildman–Crippen LogP) is 4.42. The molecule has 0 saturated carbocycles. The number of hydrogen-bond acceptors (Lipinski definition) is 4. The maximum absolute atomic E-state index is 12.5. The summed E-state index contributed by atoms with van der Waals surface area (Å²) in [6.45, 7) is 0.446. The first-order valence-corrected chi connectivity index (χ1v) is 9.11. The van der Waals surface area contributed by atoms with Crippen LogP contribution in [0.2, 0.25) is 0 Å². The topological polar surface area (TPSA) is 86.9 Å². The van der Waals surface area contributed by atoms with E-state index >= 15 is 0 Å². The number of benzene rings is 3. The molecule has 0 spiro atoms. The van der Waals surface area contributed by atoms with Crippen LogP contribution >= 0.6 is 0 Å². The van der Waals surface area contributed by atoms with Gasteiger partial charge in [0.2, 0.25) is 0 Å². The number of amidine groups is 1. The molecule has 0 unspecified atom stereocenters. The molecule has 0 fully saturated rings. The molecule has 0 saturated heterocycles. The standard InChI is InChI=1S/C23H19N3O3/c27-23(24-15-16-5-2-1-3-6-16)19-7-4-8-20(14-19)25-22(26-28)18-9-10-21-17(13-18)11-12-29-21/h1-14,28H,15H2,(H,24,27)(H,25,26). The van der Waals surface area contributed by atoms with Crippen LogP contribution in [0.1, 0.15) is 21.5 Å². The number of nitrogens with one attached hydrogen (secondary N) is 2. The molecule has 1 heterocycles. The van der Waals surface area contributed by atoms with Gasteiger partial charge in [0.05, 0.1) is 12.0 Å². The molecule has 0 radical (unpaired) electrons. The van der Waals surface area contributed by atoms with Crippen molar-refractivity contribution in [2.24, 2.45) is 4.99 Å². The lowest BCUT2D eigenvalue weighted by Gasteiger charge is -2.08. The summed E-state index contributed by atoms with van der Waals surface area (Å²) in [5, 5.41) is 13.4. The molecule has 0 aliphatic carbocycles. The van der Waals surface area contributed by atoms with Crippen LogP contribution in [-0.4, -0.2) is 17.0 Å². The smallest absolute Gasteiger partial charge is 0.251 e. The molecule has 3 aromatic carbocycles. The number of hydrogen-bond donors (Lipinski definition) is 3. The Morgan fingerprint density at radius 1 is 0.931 bits per heavy atom. The number of rotatable bonds is 5. The second kappa shape index (κ2) is 8.41. The second-order valence-corrected chi connectivity index (χ2v) is 6.46. The maximum Gasteiger partial charge on any atom is 0.251 e. The SMILES string of the molecule is O=C(NCc1ccccc1)c1cccc(N=C(NO)c2ccc3occc3c2)c1. The number of carbonyl (C=O) groups excluding carboxylic acids is 1. The molecular formula is C23H19N3O3. The van der Waals surface area contributed by atoms with Crippen LogP contribution in [0.3, 0.4) is 0 Å². The molecule has 3 N–H and O–H groups in total. The van der Waals surface area contributed by atoms with Crippen LogP contribution in [0.15, 0.2) is 94.5 Å². The molecule has 6 nitrogen and oxygen atoms in total. The zero-order chi connectivity index (χ0) is 20.1. The molecule has 0 bridgehead atoms. The lowest BCUT2D eigenvalue weighted by atomic mass is 10.1. The van der Waals surface area contributed by atoms with Gasteiger partial charge in [-0.3, -0.25) is 15.5 Å². The van der Waals surface area contributed by atoms with Crippen molar-refractivity contribution >= 4 is 28.4 Å². The van der Waals surface area contributed by atoms with Gasteiger partial charge in [-0.05, 0) is 48.0 Å². The third-order valence-electron chi connectivity index (χ3n) is 4.48. The van der Waals surface area contributed by atoms with Gasteiger partial charge in [-0.2, -0.15) is 0 Å². The number of carbonyl (C=O) groups is 1. The summed E-state index contributed by atoms with van der Waals surface area (Å²) < 4.78 is 5.33. The Balaban J connectivity index is 1.54. The first-order valence-electron chi connectivity index (χ1n) is 9.11. The molecule has 0 aliphatic rings. The summed E-state index contributed by atoms with van der Waals surface area (Å²) in [6.07, 6.45) is 1.61. The van der Waals surface area contributed by atoms with Crippen molar-refractivity contribution in [1.29, 1.82) is 0 Å². The number of hydroxylamine groups is 1. The lowest BCUT2D eigenvalue weighted by Crippen LogP contribution is -2.22. The van der Waals surface area contributed by atoms with Gasteiger partial charge in [0.1, 0.15) is 5.58 Å². The van der Waals surface area contributed by atoms with Crippen molar-refractivity contribution < 1.29 is 14.4 Å². The Bertz CT molecular complexity index is 1170. The third kappa shape index (κ3) is 4.34. The fourth-order valence-electron chi connectivity index (χ4n) is 2.99. The molecule has 6 heteroatoms.